The summed E-state index contributed by atoms with van der Waals surface area (Å²) in [7, 11) is -2.26. The van der Waals surface area contributed by atoms with E-state index in [1.165, 1.54) is 13.2 Å². The fraction of sp³-hybridized carbons (Fsp3) is 0.636. The smallest absolute Gasteiger partial charge is 0.407 e. The highest BCUT2D eigenvalue weighted by molar-refractivity contribution is 7.92. The molecular formula is C44H60F2N6O6S. The van der Waals surface area contributed by atoms with Crippen molar-refractivity contribution in [2.45, 2.75) is 65.8 Å². The van der Waals surface area contributed by atoms with Gasteiger partial charge in [-0.3, -0.25) is 14.6 Å². The number of nitrogens with one attached hydrogen (secondary N) is 1. The van der Waals surface area contributed by atoms with E-state index in [4.69, 9.17) is 9.47 Å². The fourth-order valence-corrected chi connectivity index (χ4v) is 12.5. The Bertz CT molecular complexity index is 1940. The van der Waals surface area contributed by atoms with E-state index in [0.29, 0.717) is 31.9 Å². The second-order valence-electron chi connectivity index (χ2n) is 17.9. The van der Waals surface area contributed by atoms with Crippen molar-refractivity contribution in [3.05, 3.63) is 72.1 Å². The molecule has 2 aromatic carbocycles. The standard InChI is InChI=1S/C44H60F2N6O6S/c1-32(25-48-20-22-58-23-21-48)41(53)51-26-38(27-51)59(55,56)37-12-10-36(11-13-37)52-29-43(46,30-52)28-50-18-14-33(15-19-50)44(31-49-16-5-17-49,34-6-3-7-35(45)24-34)39-8-4-9-40(39)47-42(54)57-2/h3,6-7,10-13,24,33,38-40H,1,4-5,8-9,14-23,25-31H2,2H3,(H,47,54)/t39-,40-,44-/m0/s1. The van der Waals surface area contributed by atoms with Crippen LogP contribution in [0.3, 0.4) is 0 Å². The van der Waals surface area contributed by atoms with E-state index in [1.807, 2.05) is 11.0 Å². The summed E-state index contributed by atoms with van der Waals surface area (Å²) < 4.78 is 68.7. The van der Waals surface area contributed by atoms with E-state index < -0.39 is 26.8 Å². The Morgan fingerprint density at radius 2 is 1.64 bits per heavy atom. The van der Waals surface area contributed by atoms with Gasteiger partial charge in [0.1, 0.15) is 11.1 Å². The van der Waals surface area contributed by atoms with E-state index in [2.05, 4.69) is 32.7 Å². The van der Waals surface area contributed by atoms with Crippen molar-refractivity contribution in [3.8, 4) is 0 Å². The predicted molar refractivity (Wildman–Crippen MR) is 221 cm³/mol. The quantitative estimate of drug-likeness (QED) is 0.279. The molecule has 12 nitrogen and oxygen atoms in total. The summed E-state index contributed by atoms with van der Waals surface area (Å²) in [5.41, 5.74) is 0.444. The van der Waals surface area contributed by atoms with Gasteiger partial charge in [0.05, 0.1) is 38.3 Å². The molecule has 3 atom stereocenters. The number of alkyl carbamates (subject to hydrolysis) is 1. The van der Waals surface area contributed by atoms with Gasteiger partial charge in [0.2, 0.25) is 0 Å². The van der Waals surface area contributed by atoms with Crippen molar-refractivity contribution in [2.75, 3.05) is 110 Å². The zero-order chi connectivity index (χ0) is 41.4. The summed E-state index contributed by atoms with van der Waals surface area (Å²) in [4.78, 5) is 35.9. The lowest BCUT2D eigenvalue weighted by molar-refractivity contribution is -0.130. The number of halogens is 2. The molecule has 5 aliphatic heterocycles. The van der Waals surface area contributed by atoms with E-state index in [1.54, 1.807) is 35.2 Å². The first-order valence-electron chi connectivity index (χ1n) is 21.5. The zero-order valence-corrected chi connectivity index (χ0v) is 35.2. The van der Waals surface area contributed by atoms with Crippen LogP contribution in [0.4, 0.5) is 19.3 Å². The summed E-state index contributed by atoms with van der Waals surface area (Å²) in [6.07, 6.45) is 5.15. The summed E-state index contributed by atoms with van der Waals surface area (Å²) in [6.45, 7) is 12.4. The first-order chi connectivity index (χ1) is 28.4. The van der Waals surface area contributed by atoms with Crippen molar-refractivity contribution in [2.24, 2.45) is 11.8 Å². The topological polar surface area (TPSA) is 115 Å². The van der Waals surface area contributed by atoms with Gasteiger partial charge in [0, 0.05) is 68.5 Å². The van der Waals surface area contributed by atoms with Crippen molar-refractivity contribution in [1.29, 1.82) is 0 Å². The Kier molecular flexibility index (Phi) is 12.4. The summed E-state index contributed by atoms with van der Waals surface area (Å²) in [5, 5.41) is 2.47. The van der Waals surface area contributed by atoms with Gasteiger partial charge in [-0.05, 0) is 112 Å². The summed E-state index contributed by atoms with van der Waals surface area (Å²) >= 11 is 0. The normalized spacial score (nSPS) is 25.7. The second-order valence-corrected chi connectivity index (χ2v) is 20.1. The Hall–Kier alpha value is -3.63. The Balaban J connectivity index is 0.863. The molecule has 0 unspecified atom stereocenters. The Morgan fingerprint density at radius 1 is 0.932 bits per heavy atom. The number of rotatable bonds is 14. The van der Waals surface area contributed by atoms with Crippen molar-refractivity contribution < 1.29 is 36.3 Å². The largest absolute Gasteiger partial charge is 0.453 e. The first kappa shape index (κ1) is 42.1. The van der Waals surface area contributed by atoms with Crippen LogP contribution in [0.5, 0.6) is 0 Å². The number of likely N-dealkylation sites (tertiary alicyclic amines) is 3. The number of ether oxygens (including phenoxy) is 2. The van der Waals surface area contributed by atoms with E-state index in [9.17, 15) is 18.0 Å². The molecule has 322 valence electrons. The molecule has 2 amide bonds. The molecule has 0 spiro atoms. The van der Waals surface area contributed by atoms with Crippen LogP contribution in [0.25, 0.3) is 0 Å². The lowest BCUT2D eigenvalue weighted by atomic mass is 9.57. The monoisotopic (exact) mass is 838 g/mol. The SMILES string of the molecule is C=C(CN1CCOCC1)C(=O)N1CC(S(=O)(=O)c2ccc(N3CC(F)(CN4CCC([C@@](CN5CCC5)(c5cccc(F)c5)[C@H]5CCC[C@@H]5NC(=O)OC)CC4)C3)cc2)C1. The van der Waals surface area contributed by atoms with Gasteiger partial charge in [-0.2, -0.15) is 0 Å². The lowest BCUT2D eigenvalue weighted by Gasteiger charge is -2.54. The van der Waals surface area contributed by atoms with E-state index >= 15 is 8.78 Å². The maximum absolute atomic E-state index is 16.3. The number of sulfone groups is 1. The number of amides is 2. The molecule has 0 bridgehead atoms. The van der Waals surface area contributed by atoms with Crippen LogP contribution in [0, 0.1) is 17.7 Å². The number of carbonyl (C=O) groups is 2. The number of morpholine rings is 1. The zero-order valence-electron chi connectivity index (χ0n) is 34.3. The van der Waals surface area contributed by atoms with Crippen LogP contribution in [0.2, 0.25) is 0 Å². The Labute approximate surface area is 347 Å². The minimum atomic E-state index is -3.65. The molecule has 59 heavy (non-hydrogen) atoms. The molecular weight excluding hydrogens is 779 g/mol. The number of methoxy groups -OCH3 is 1. The highest BCUT2D eigenvalue weighted by atomic mass is 32.2. The molecule has 6 aliphatic rings. The molecule has 0 radical (unpaired) electrons. The highest BCUT2D eigenvalue weighted by Crippen LogP contribution is 2.52. The lowest BCUT2D eigenvalue weighted by Crippen LogP contribution is -2.65. The number of anilines is 1. The first-order valence-corrected chi connectivity index (χ1v) is 23.0. The average Bonchev–Trinajstić information content (AvgIpc) is 3.65. The predicted octanol–water partition coefficient (Wildman–Crippen LogP) is 4.11. The minimum absolute atomic E-state index is 0.0785. The molecule has 0 aromatic heterocycles. The van der Waals surface area contributed by atoms with Crippen molar-refractivity contribution in [3.63, 3.8) is 0 Å². The number of hydrogen-bond donors (Lipinski definition) is 1. The van der Waals surface area contributed by atoms with Crippen LogP contribution in [-0.4, -0.2) is 162 Å². The van der Waals surface area contributed by atoms with Gasteiger partial charge >= 0.3 is 6.09 Å². The number of carbonyl (C=O) groups excluding carboxylic acids is 2. The number of hydrogen-bond acceptors (Lipinski definition) is 10. The summed E-state index contributed by atoms with van der Waals surface area (Å²) in [5.74, 6) is -0.133. The van der Waals surface area contributed by atoms with Crippen LogP contribution >= 0.6 is 0 Å². The van der Waals surface area contributed by atoms with E-state index in [0.717, 1.165) is 95.6 Å². The van der Waals surface area contributed by atoms with Gasteiger partial charge in [-0.25, -0.2) is 22.0 Å². The third-order valence-electron chi connectivity index (χ3n) is 14.2. The molecule has 1 aliphatic carbocycles. The van der Waals surface area contributed by atoms with Gasteiger partial charge in [-0.15, -0.1) is 0 Å². The van der Waals surface area contributed by atoms with Gasteiger partial charge < -0.3 is 29.5 Å². The van der Waals surface area contributed by atoms with Gasteiger partial charge in [0.15, 0.2) is 15.5 Å². The maximum atomic E-state index is 16.3. The number of alkyl halides is 1. The minimum Gasteiger partial charge on any atom is -0.453 e. The molecule has 8 rings (SSSR count). The molecule has 1 saturated carbocycles. The van der Waals surface area contributed by atoms with Crippen LogP contribution in [-0.2, 0) is 29.5 Å². The Morgan fingerprint density at radius 3 is 2.29 bits per heavy atom. The molecule has 2 aromatic rings. The second kappa shape index (κ2) is 17.4. The van der Waals surface area contributed by atoms with Crippen LogP contribution < -0.4 is 10.2 Å². The van der Waals surface area contributed by atoms with Gasteiger partial charge in [0.25, 0.3) is 5.91 Å². The summed E-state index contributed by atoms with van der Waals surface area (Å²) in [6, 6.07) is 13.7. The number of piperidine rings is 1. The molecule has 1 N–H and O–H groups in total. The number of benzene rings is 2. The number of nitrogens with zero attached hydrogens (tertiary/aromatic N) is 5. The molecule has 5 heterocycles. The fourth-order valence-electron chi connectivity index (χ4n) is 10.8. The van der Waals surface area contributed by atoms with Crippen molar-refractivity contribution in [1.82, 2.24) is 24.9 Å². The average molecular weight is 839 g/mol. The molecule has 5 saturated heterocycles. The van der Waals surface area contributed by atoms with Crippen LogP contribution in [0.1, 0.15) is 44.1 Å². The van der Waals surface area contributed by atoms with Crippen LogP contribution in [0.15, 0.2) is 65.6 Å². The molecule has 6 fully saturated rings. The third kappa shape index (κ3) is 8.77. The van der Waals surface area contributed by atoms with Gasteiger partial charge in [-0.1, -0.05) is 25.1 Å². The molecule has 15 heteroatoms. The van der Waals surface area contributed by atoms with Crippen molar-refractivity contribution >= 4 is 27.5 Å². The maximum Gasteiger partial charge on any atom is 0.407 e. The van der Waals surface area contributed by atoms with E-state index in [-0.39, 0.29) is 66.1 Å². The third-order valence-corrected chi connectivity index (χ3v) is 16.3. The highest BCUT2D eigenvalue weighted by Gasteiger charge is 2.54.